The summed E-state index contributed by atoms with van der Waals surface area (Å²) < 4.78 is 5.36. The van der Waals surface area contributed by atoms with Gasteiger partial charge in [0, 0.05) is 11.6 Å². The Labute approximate surface area is 131 Å². The number of nitro groups is 1. The molecule has 0 spiro atoms. The lowest BCUT2D eigenvalue weighted by Crippen LogP contribution is -2.12. The number of aryl methyl sites for hydroxylation is 2. The summed E-state index contributed by atoms with van der Waals surface area (Å²) in [6, 6.07) is 7.22. The lowest BCUT2D eigenvalue weighted by Gasteiger charge is -2.08. The summed E-state index contributed by atoms with van der Waals surface area (Å²) >= 11 is 0. The van der Waals surface area contributed by atoms with Crippen molar-refractivity contribution in [2.24, 2.45) is 0 Å². The van der Waals surface area contributed by atoms with Crippen LogP contribution in [0.1, 0.15) is 21.5 Å². The fourth-order valence-electron chi connectivity index (χ4n) is 1.94. The molecule has 2 N–H and O–H groups in total. The van der Waals surface area contributed by atoms with Gasteiger partial charge in [-0.05, 0) is 43.2 Å². The van der Waals surface area contributed by atoms with Crippen LogP contribution in [0, 0.1) is 24.0 Å². The Morgan fingerprint density at radius 1 is 1.17 bits per heavy atom. The van der Waals surface area contributed by atoms with Gasteiger partial charge in [-0.1, -0.05) is 6.07 Å². The second kappa shape index (κ2) is 6.35. The number of phenolic OH excluding ortho intramolecular Hbond substituents is 2. The molecule has 0 aromatic heterocycles. The van der Waals surface area contributed by atoms with E-state index < -0.39 is 27.9 Å². The van der Waals surface area contributed by atoms with E-state index in [-0.39, 0.29) is 12.2 Å². The van der Waals surface area contributed by atoms with Crippen molar-refractivity contribution in [3.63, 3.8) is 0 Å². The number of nitrogens with zero attached hydrogens (tertiary/aromatic N) is 1. The molecule has 7 heteroatoms. The van der Waals surface area contributed by atoms with Gasteiger partial charge in [0.1, 0.15) is 5.75 Å². The third-order valence-electron chi connectivity index (χ3n) is 3.44. The molecular formula is C16H15NO6. The van der Waals surface area contributed by atoms with Crippen LogP contribution in [0.25, 0.3) is 0 Å². The predicted molar refractivity (Wildman–Crippen MR) is 82.2 cm³/mol. The maximum atomic E-state index is 12.1. The molecule has 23 heavy (non-hydrogen) atoms. The van der Waals surface area contributed by atoms with Gasteiger partial charge in [-0.25, -0.2) is 0 Å². The standard InChI is InChI=1S/C16H15NO6/c1-9-3-4-12(5-10(9)2)23-8-15(19)11-6-13(17(21)22)16(20)14(18)7-11/h3-7,18,20H,8H2,1-2H3. The van der Waals surface area contributed by atoms with E-state index >= 15 is 0 Å². The second-order valence-electron chi connectivity index (χ2n) is 5.08. The van der Waals surface area contributed by atoms with Crippen molar-refractivity contribution < 1.29 is 24.7 Å². The molecule has 7 nitrogen and oxygen atoms in total. The highest BCUT2D eigenvalue weighted by molar-refractivity contribution is 5.98. The van der Waals surface area contributed by atoms with E-state index in [0.29, 0.717) is 5.75 Å². The summed E-state index contributed by atoms with van der Waals surface area (Å²) in [7, 11) is 0. The number of hydrogen-bond donors (Lipinski definition) is 2. The first kappa shape index (κ1) is 16.3. The van der Waals surface area contributed by atoms with Crippen LogP contribution in [0.15, 0.2) is 30.3 Å². The van der Waals surface area contributed by atoms with Crippen LogP contribution in [0.4, 0.5) is 5.69 Å². The largest absolute Gasteiger partial charge is 0.504 e. The molecule has 2 rings (SSSR count). The lowest BCUT2D eigenvalue weighted by atomic mass is 10.1. The minimum Gasteiger partial charge on any atom is -0.504 e. The van der Waals surface area contributed by atoms with E-state index in [0.717, 1.165) is 23.3 Å². The molecule has 2 aromatic carbocycles. The molecule has 0 unspecified atom stereocenters. The molecule has 0 aliphatic carbocycles. The van der Waals surface area contributed by atoms with Crippen molar-refractivity contribution in [3.8, 4) is 17.2 Å². The summed E-state index contributed by atoms with van der Waals surface area (Å²) in [4.78, 5) is 22.0. The van der Waals surface area contributed by atoms with Gasteiger partial charge in [0.15, 0.2) is 12.4 Å². The van der Waals surface area contributed by atoms with Crippen molar-refractivity contribution in [2.45, 2.75) is 13.8 Å². The highest BCUT2D eigenvalue weighted by Crippen LogP contribution is 2.36. The third kappa shape index (κ3) is 3.57. The highest BCUT2D eigenvalue weighted by atomic mass is 16.6. The normalized spacial score (nSPS) is 10.3. The molecule has 0 aliphatic heterocycles. The summed E-state index contributed by atoms with van der Waals surface area (Å²) in [5.41, 5.74) is 1.24. The predicted octanol–water partition coefficient (Wildman–Crippen LogP) is 2.88. The average molecular weight is 317 g/mol. The molecule has 0 aliphatic rings. The number of Topliss-reactive ketones (excluding diaryl/α,β-unsaturated/α-hetero) is 1. The number of rotatable bonds is 5. The van der Waals surface area contributed by atoms with Gasteiger partial charge in [-0.15, -0.1) is 0 Å². The number of hydrogen-bond acceptors (Lipinski definition) is 6. The fraction of sp³-hybridized carbons (Fsp3) is 0.188. The number of ether oxygens (including phenoxy) is 1. The van der Waals surface area contributed by atoms with Crippen molar-refractivity contribution >= 4 is 11.5 Å². The first-order valence-corrected chi connectivity index (χ1v) is 6.73. The Morgan fingerprint density at radius 3 is 2.48 bits per heavy atom. The topological polar surface area (TPSA) is 110 Å². The van der Waals surface area contributed by atoms with E-state index in [1.54, 1.807) is 12.1 Å². The Balaban J connectivity index is 2.17. The van der Waals surface area contributed by atoms with E-state index in [9.17, 15) is 25.1 Å². The number of phenols is 2. The fourth-order valence-corrected chi connectivity index (χ4v) is 1.94. The minimum atomic E-state index is -0.879. The van der Waals surface area contributed by atoms with Crippen LogP contribution in [0.5, 0.6) is 17.2 Å². The second-order valence-corrected chi connectivity index (χ2v) is 5.08. The molecule has 0 heterocycles. The quantitative estimate of drug-likeness (QED) is 0.380. The van der Waals surface area contributed by atoms with Gasteiger partial charge >= 0.3 is 5.69 Å². The minimum absolute atomic E-state index is 0.115. The van der Waals surface area contributed by atoms with E-state index in [2.05, 4.69) is 0 Å². The van der Waals surface area contributed by atoms with E-state index in [1.807, 2.05) is 19.9 Å². The number of benzene rings is 2. The number of carbonyl (C=O) groups excluding carboxylic acids is 1. The molecule has 2 aromatic rings. The van der Waals surface area contributed by atoms with Gasteiger partial charge in [-0.2, -0.15) is 0 Å². The first-order valence-electron chi connectivity index (χ1n) is 6.73. The zero-order valence-electron chi connectivity index (χ0n) is 12.6. The van der Waals surface area contributed by atoms with E-state index in [4.69, 9.17) is 4.74 Å². The van der Waals surface area contributed by atoms with Crippen molar-refractivity contribution in [1.29, 1.82) is 0 Å². The zero-order valence-corrected chi connectivity index (χ0v) is 12.6. The monoisotopic (exact) mass is 317 g/mol. The Bertz CT molecular complexity index is 784. The lowest BCUT2D eigenvalue weighted by molar-refractivity contribution is -0.386. The van der Waals surface area contributed by atoms with Crippen LogP contribution < -0.4 is 4.74 Å². The average Bonchev–Trinajstić information content (AvgIpc) is 2.50. The maximum absolute atomic E-state index is 12.1. The van der Waals surface area contributed by atoms with Crippen molar-refractivity contribution in [1.82, 2.24) is 0 Å². The molecule has 0 saturated heterocycles. The SMILES string of the molecule is Cc1ccc(OCC(=O)c2cc(O)c(O)c([N+](=O)[O-])c2)cc1C. The van der Waals surface area contributed by atoms with Crippen molar-refractivity contribution in [2.75, 3.05) is 6.61 Å². The van der Waals surface area contributed by atoms with E-state index in [1.165, 1.54) is 0 Å². The number of carbonyl (C=O) groups is 1. The number of ketones is 1. The third-order valence-corrected chi connectivity index (χ3v) is 3.44. The highest BCUT2D eigenvalue weighted by Gasteiger charge is 2.21. The van der Waals surface area contributed by atoms with Crippen LogP contribution >= 0.6 is 0 Å². The van der Waals surface area contributed by atoms with Gasteiger partial charge < -0.3 is 14.9 Å². The van der Waals surface area contributed by atoms with Crippen molar-refractivity contribution in [3.05, 3.63) is 57.1 Å². The van der Waals surface area contributed by atoms with Gasteiger partial charge in [0.2, 0.25) is 11.5 Å². The molecule has 0 fully saturated rings. The van der Waals surface area contributed by atoms with Crippen LogP contribution in [-0.2, 0) is 0 Å². The molecule has 0 atom stereocenters. The molecule has 0 saturated carbocycles. The van der Waals surface area contributed by atoms with Gasteiger partial charge in [0.05, 0.1) is 4.92 Å². The first-order chi connectivity index (χ1) is 10.8. The molecular weight excluding hydrogens is 302 g/mol. The Hall–Kier alpha value is -3.09. The molecule has 120 valence electrons. The van der Waals surface area contributed by atoms with Crippen LogP contribution in [-0.4, -0.2) is 27.5 Å². The Morgan fingerprint density at radius 2 is 1.87 bits per heavy atom. The summed E-state index contributed by atoms with van der Waals surface area (Å²) in [5, 5.41) is 29.7. The maximum Gasteiger partial charge on any atom is 0.315 e. The summed E-state index contributed by atoms with van der Waals surface area (Å²) in [6.45, 7) is 3.51. The number of aromatic hydroxyl groups is 2. The van der Waals surface area contributed by atoms with Gasteiger partial charge in [0.25, 0.3) is 0 Å². The Kier molecular flexibility index (Phi) is 4.49. The number of nitro benzene ring substituents is 1. The smallest absolute Gasteiger partial charge is 0.315 e. The van der Waals surface area contributed by atoms with Crippen LogP contribution in [0.2, 0.25) is 0 Å². The summed E-state index contributed by atoms with van der Waals surface area (Å²) in [6.07, 6.45) is 0. The molecule has 0 bridgehead atoms. The molecule has 0 amide bonds. The van der Waals surface area contributed by atoms with Crippen LogP contribution in [0.3, 0.4) is 0 Å². The summed E-state index contributed by atoms with van der Waals surface area (Å²) in [5.74, 6) is -1.66. The zero-order chi connectivity index (χ0) is 17.1. The molecule has 0 radical (unpaired) electrons. The van der Waals surface area contributed by atoms with Gasteiger partial charge in [-0.3, -0.25) is 14.9 Å².